The van der Waals surface area contributed by atoms with Gasteiger partial charge in [0.05, 0.1) is 19.1 Å². The number of carbonyl (C=O) groups is 1. The van der Waals surface area contributed by atoms with Crippen molar-refractivity contribution in [3.63, 3.8) is 0 Å². The zero-order valence-electron chi connectivity index (χ0n) is 12.6. The molecule has 1 unspecified atom stereocenters. The summed E-state index contributed by atoms with van der Waals surface area (Å²) in [5, 5.41) is 3.19. The molecule has 2 rings (SSSR count). The summed E-state index contributed by atoms with van der Waals surface area (Å²) in [6, 6.07) is 0. The number of ether oxygens (including phenoxy) is 1. The zero-order chi connectivity index (χ0) is 15.5. The van der Waals surface area contributed by atoms with Crippen LogP contribution in [0.5, 0.6) is 0 Å². The smallest absolute Gasteiger partial charge is 0.281 e. The van der Waals surface area contributed by atoms with Crippen LogP contribution in [0.15, 0.2) is 0 Å². The molecule has 1 atom stereocenters. The third kappa shape index (κ3) is 4.13. The third-order valence-corrected chi connectivity index (χ3v) is 5.73. The minimum absolute atomic E-state index is 0.0330. The van der Waals surface area contributed by atoms with Gasteiger partial charge in [0.2, 0.25) is 5.91 Å². The van der Waals surface area contributed by atoms with Gasteiger partial charge in [-0.3, -0.25) is 4.79 Å². The SMILES string of the molecule is CN(C)S(=O)(=O)N1CCN(C(=O)CC2CNCCO2)CC1. The van der Waals surface area contributed by atoms with Crippen LogP contribution < -0.4 is 5.32 Å². The number of carbonyl (C=O) groups excluding carboxylic acids is 1. The predicted molar refractivity (Wildman–Crippen MR) is 78.0 cm³/mol. The van der Waals surface area contributed by atoms with Gasteiger partial charge in [-0.2, -0.15) is 17.0 Å². The van der Waals surface area contributed by atoms with Gasteiger partial charge >= 0.3 is 0 Å². The van der Waals surface area contributed by atoms with Crippen molar-refractivity contribution >= 4 is 16.1 Å². The second-order valence-corrected chi connectivity index (χ2v) is 7.61. The van der Waals surface area contributed by atoms with Gasteiger partial charge in [-0.25, -0.2) is 0 Å². The van der Waals surface area contributed by atoms with E-state index in [-0.39, 0.29) is 12.0 Å². The lowest BCUT2D eigenvalue weighted by molar-refractivity contribution is -0.135. The number of rotatable bonds is 4. The molecule has 8 nitrogen and oxygen atoms in total. The molecular weight excluding hydrogens is 296 g/mol. The van der Waals surface area contributed by atoms with Gasteiger partial charge in [0.25, 0.3) is 10.2 Å². The van der Waals surface area contributed by atoms with E-state index in [2.05, 4.69) is 5.32 Å². The highest BCUT2D eigenvalue weighted by Crippen LogP contribution is 2.12. The number of nitrogens with one attached hydrogen (secondary N) is 1. The summed E-state index contributed by atoms with van der Waals surface area (Å²) >= 11 is 0. The summed E-state index contributed by atoms with van der Waals surface area (Å²) in [5.74, 6) is 0.0330. The highest BCUT2D eigenvalue weighted by Gasteiger charge is 2.31. The Morgan fingerprint density at radius 2 is 1.95 bits per heavy atom. The lowest BCUT2D eigenvalue weighted by atomic mass is 10.2. The van der Waals surface area contributed by atoms with Gasteiger partial charge in [0, 0.05) is 53.4 Å². The normalized spacial score (nSPS) is 25.3. The monoisotopic (exact) mass is 320 g/mol. The quantitative estimate of drug-likeness (QED) is 0.669. The summed E-state index contributed by atoms with van der Waals surface area (Å²) in [4.78, 5) is 13.9. The van der Waals surface area contributed by atoms with E-state index in [1.807, 2.05) is 0 Å². The van der Waals surface area contributed by atoms with E-state index in [9.17, 15) is 13.2 Å². The summed E-state index contributed by atoms with van der Waals surface area (Å²) in [6.07, 6.45) is 0.280. The van der Waals surface area contributed by atoms with Gasteiger partial charge in [-0.1, -0.05) is 0 Å². The molecule has 2 saturated heterocycles. The summed E-state index contributed by atoms with van der Waals surface area (Å²) < 4.78 is 32.1. The molecule has 0 aromatic heterocycles. The second-order valence-electron chi connectivity index (χ2n) is 5.47. The molecule has 0 aromatic rings. The van der Waals surface area contributed by atoms with E-state index in [4.69, 9.17) is 4.74 Å². The van der Waals surface area contributed by atoms with Crippen LogP contribution in [0, 0.1) is 0 Å². The largest absolute Gasteiger partial charge is 0.375 e. The molecule has 0 radical (unpaired) electrons. The highest BCUT2D eigenvalue weighted by atomic mass is 32.2. The van der Waals surface area contributed by atoms with E-state index in [0.717, 1.165) is 6.54 Å². The van der Waals surface area contributed by atoms with Gasteiger partial charge in [0.1, 0.15) is 0 Å². The second kappa shape index (κ2) is 7.01. The van der Waals surface area contributed by atoms with Crippen LogP contribution in [0.2, 0.25) is 0 Å². The maximum atomic E-state index is 12.2. The number of nitrogens with zero attached hydrogens (tertiary/aromatic N) is 3. The first kappa shape index (κ1) is 16.6. The number of morpholine rings is 1. The molecule has 0 bridgehead atoms. The molecule has 2 aliphatic heterocycles. The molecule has 2 heterocycles. The Balaban J connectivity index is 1.82. The van der Waals surface area contributed by atoms with E-state index in [0.29, 0.717) is 45.8 Å². The Morgan fingerprint density at radius 1 is 1.29 bits per heavy atom. The Labute approximate surface area is 126 Å². The van der Waals surface area contributed by atoms with Crippen molar-refractivity contribution < 1.29 is 17.9 Å². The fourth-order valence-corrected chi connectivity index (χ4v) is 3.56. The fraction of sp³-hybridized carbons (Fsp3) is 0.917. The first-order chi connectivity index (χ1) is 9.91. The van der Waals surface area contributed by atoms with Crippen molar-refractivity contribution in [3.05, 3.63) is 0 Å². The standard InChI is InChI=1S/C12H24N4O4S/c1-14(2)21(18,19)16-6-4-15(5-7-16)12(17)9-11-10-13-3-8-20-11/h11,13H,3-10H2,1-2H3. The van der Waals surface area contributed by atoms with Crippen molar-refractivity contribution in [2.24, 2.45) is 0 Å². The number of hydrogen-bond acceptors (Lipinski definition) is 5. The van der Waals surface area contributed by atoms with Crippen LogP contribution in [-0.2, 0) is 19.7 Å². The maximum Gasteiger partial charge on any atom is 0.281 e. The van der Waals surface area contributed by atoms with Gasteiger partial charge in [0.15, 0.2) is 0 Å². The predicted octanol–water partition coefficient (Wildman–Crippen LogP) is -1.68. The molecule has 2 fully saturated rings. The molecule has 122 valence electrons. The minimum Gasteiger partial charge on any atom is -0.375 e. The number of amides is 1. The molecule has 1 N–H and O–H groups in total. The summed E-state index contributed by atoms with van der Waals surface area (Å²) in [7, 11) is -0.354. The molecule has 21 heavy (non-hydrogen) atoms. The van der Waals surface area contributed by atoms with Crippen molar-refractivity contribution in [1.29, 1.82) is 0 Å². The maximum absolute atomic E-state index is 12.2. The molecular formula is C12H24N4O4S. The van der Waals surface area contributed by atoms with Crippen LogP contribution >= 0.6 is 0 Å². The number of piperazine rings is 1. The van der Waals surface area contributed by atoms with E-state index >= 15 is 0 Å². The van der Waals surface area contributed by atoms with Crippen LogP contribution in [0.25, 0.3) is 0 Å². The van der Waals surface area contributed by atoms with Gasteiger partial charge < -0.3 is 15.0 Å². The average molecular weight is 320 g/mol. The Hall–Kier alpha value is -0.740. The van der Waals surface area contributed by atoms with Crippen LogP contribution in [0.1, 0.15) is 6.42 Å². The summed E-state index contributed by atoms with van der Waals surface area (Å²) in [5.41, 5.74) is 0. The molecule has 2 aliphatic rings. The van der Waals surface area contributed by atoms with Crippen molar-refractivity contribution in [2.45, 2.75) is 12.5 Å². The van der Waals surface area contributed by atoms with Crippen LogP contribution in [0.3, 0.4) is 0 Å². The van der Waals surface area contributed by atoms with Crippen molar-refractivity contribution in [3.8, 4) is 0 Å². The lowest BCUT2D eigenvalue weighted by Crippen LogP contribution is -2.53. The first-order valence-electron chi connectivity index (χ1n) is 7.19. The van der Waals surface area contributed by atoms with Gasteiger partial charge in [-0.05, 0) is 0 Å². The molecule has 0 aliphatic carbocycles. The highest BCUT2D eigenvalue weighted by molar-refractivity contribution is 7.86. The fourth-order valence-electron chi connectivity index (χ4n) is 2.47. The molecule has 1 amide bonds. The first-order valence-corrected chi connectivity index (χ1v) is 8.58. The summed E-state index contributed by atoms with van der Waals surface area (Å²) in [6.45, 7) is 3.71. The van der Waals surface area contributed by atoms with E-state index < -0.39 is 10.2 Å². The Bertz CT molecular complexity index is 454. The topological polar surface area (TPSA) is 82.2 Å². The van der Waals surface area contributed by atoms with Gasteiger partial charge in [-0.15, -0.1) is 0 Å². The molecule has 9 heteroatoms. The molecule has 0 aromatic carbocycles. The van der Waals surface area contributed by atoms with Crippen molar-refractivity contribution in [2.75, 3.05) is 60.0 Å². The Morgan fingerprint density at radius 3 is 2.48 bits per heavy atom. The zero-order valence-corrected chi connectivity index (χ0v) is 13.4. The van der Waals surface area contributed by atoms with E-state index in [1.54, 1.807) is 4.90 Å². The van der Waals surface area contributed by atoms with Crippen molar-refractivity contribution in [1.82, 2.24) is 18.8 Å². The molecule has 0 spiro atoms. The third-order valence-electron chi connectivity index (χ3n) is 3.79. The van der Waals surface area contributed by atoms with E-state index in [1.165, 1.54) is 22.7 Å². The average Bonchev–Trinajstić information content (AvgIpc) is 2.48. The van der Waals surface area contributed by atoms with Crippen LogP contribution in [-0.4, -0.2) is 93.9 Å². The molecule has 0 saturated carbocycles. The Kier molecular flexibility index (Phi) is 5.55. The van der Waals surface area contributed by atoms with Crippen LogP contribution in [0.4, 0.5) is 0 Å². The number of hydrogen-bond donors (Lipinski definition) is 1. The lowest BCUT2D eigenvalue weighted by Gasteiger charge is -2.36. The minimum atomic E-state index is -3.38.